The minimum Gasteiger partial charge on any atom is -0.455 e. The van der Waals surface area contributed by atoms with E-state index in [0.717, 1.165) is 33.1 Å². The third-order valence-corrected chi connectivity index (χ3v) is 10.1. The number of furan rings is 1. The molecule has 0 amide bonds. The summed E-state index contributed by atoms with van der Waals surface area (Å²) in [6.45, 7) is 0. The molecule has 0 atom stereocenters. The van der Waals surface area contributed by atoms with Crippen molar-refractivity contribution in [1.82, 2.24) is 0 Å². The predicted octanol–water partition coefficient (Wildman–Crippen LogP) is 13.7. The Kier molecular flexibility index (Phi) is 6.25. The Morgan fingerprint density at radius 1 is 0.265 bits per heavy atom. The van der Waals surface area contributed by atoms with E-state index in [9.17, 15) is 0 Å². The van der Waals surface area contributed by atoms with Crippen molar-refractivity contribution < 1.29 is 4.42 Å². The normalized spacial score (nSPS) is 11.7. The zero-order valence-electron chi connectivity index (χ0n) is 26.7. The number of para-hydroxylation sites is 2. The van der Waals surface area contributed by atoms with Gasteiger partial charge in [-0.25, -0.2) is 0 Å². The summed E-state index contributed by atoms with van der Waals surface area (Å²) in [6.07, 6.45) is 0. The Morgan fingerprint density at radius 3 is 1.43 bits per heavy atom. The molecule has 49 heavy (non-hydrogen) atoms. The molecule has 0 unspecified atom stereocenters. The smallest absolute Gasteiger partial charge is 0.143 e. The van der Waals surface area contributed by atoms with Crippen molar-refractivity contribution in [2.24, 2.45) is 0 Å². The summed E-state index contributed by atoms with van der Waals surface area (Å²) in [7, 11) is 0. The molecule has 0 aliphatic rings. The molecule has 10 aromatic rings. The zero-order chi connectivity index (χ0) is 32.3. The van der Waals surface area contributed by atoms with Crippen LogP contribution in [0.25, 0.3) is 98.8 Å². The molecule has 0 saturated heterocycles. The molecule has 0 aliphatic heterocycles. The van der Waals surface area contributed by atoms with Crippen molar-refractivity contribution in [2.75, 3.05) is 0 Å². The van der Waals surface area contributed by atoms with Crippen LogP contribution in [0.2, 0.25) is 0 Å². The Balaban J connectivity index is 1.19. The van der Waals surface area contributed by atoms with Gasteiger partial charge in [0, 0.05) is 16.3 Å². The standard InChI is InChI=1S/C48H30O/c1-2-14-31(15-3-1)46-39-21-6-8-23-41(39)47(42-24-9-7-22-40(42)46)43-29-28-34(36-18-4-5-19-37(36)43)32-16-12-17-33(30-32)35-25-13-26-44-38-20-10-11-27-45(38)49-48(35)44/h1-30H. The molecule has 0 spiro atoms. The van der Waals surface area contributed by atoms with Gasteiger partial charge in [-0.3, -0.25) is 0 Å². The first kappa shape index (κ1) is 27.7. The van der Waals surface area contributed by atoms with Gasteiger partial charge < -0.3 is 4.42 Å². The van der Waals surface area contributed by atoms with Gasteiger partial charge in [0.15, 0.2) is 0 Å². The molecule has 0 aliphatic carbocycles. The highest BCUT2D eigenvalue weighted by Crippen LogP contribution is 2.46. The first-order chi connectivity index (χ1) is 24.3. The minimum absolute atomic E-state index is 0.916. The lowest BCUT2D eigenvalue weighted by Crippen LogP contribution is -1.92. The summed E-state index contributed by atoms with van der Waals surface area (Å²) in [5.41, 5.74) is 11.5. The lowest BCUT2D eigenvalue weighted by atomic mass is 9.83. The van der Waals surface area contributed by atoms with Crippen molar-refractivity contribution in [3.05, 3.63) is 182 Å². The second-order valence-corrected chi connectivity index (χ2v) is 12.8. The van der Waals surface area contributed by atoms with Crippen LogP contribution in [0.5, 0.6) is 0 Å². The van der Waals surface area contributed by atoms with Crippen LogP contribution in [-0.2, 0) is 0 Å². The summed E-state index contributed by atoms with van der Waals surface area (Å²) in [5.74, 6) is 0. The molecule has 0 saturated carbocycles. The predicted molar refractivity (Wildman–Crippen MR) is 208 cm³/mol. The lowest BCUT2D eigenvalue weighted by molar-refractivity contribution is 0.670. The summed E-state index contributed by atoms with van der Waals surface area (Å²) in [5, 5.41) is 9.83. The molecule has 0 radical (unpaired) electrons. The summed E-state index contributed by atoms with van der Waals surface area (Å²) in [6, 6.07) is 65.7. The highest BCUT2D eigenvalue weighted by Gasteiger charge is 2.19. The average molecular weight is 623 g/mol. The van der Waals surface area contributed by atoms with Crippen molar-refractivity contribution >= 4 is 54.3 Å². The molecule has 1 heterocycles. The number of hydrogen-bond donors (Lipinski definition) is 0. The van der Waals surface area contributed by atoms with Crippen molar-refractivity contribution in [2.45, 2.75) is 0 Å². The second kappa shape index (κ2) is 11.1. The second-order valence-electron chi connectivity index (χ2n) is 12.8. The quantitative estimate of drug-likeness (QED) is 0.178. The van der Waals surface area contributed by atoms with Crippen LogP contribution in [0.4, 0.5) is 0 Å². The SMILES string of the molecule is c1ccc(-c2c3ccccc3c(-c3ccc(-c4cccc(-c5cccc6c5oc5ccccc56)c4)c4ccccc34)c3ccccc23)cc1. The fourth-order valence-electron chi connectivity index (χ4n) is 7.93. The van der Waals surface area contributed by atoms with E-state index in [1.807, 2.05) is 12.1 Å². The third-order valence-electron chi connectivity index (χ3n) is 10.1. The Morgan fingerprint density at radius 2 is 0.735 bits per heavy atom. The van der Waals surface area contributed by atoms with Gasteiger partial charge in [-0.05, 0) is 83.4 Å². The van der Waals surface area contributed by atoms with E-state index in [1.54, 1.807) is 0 Å². The molecule has 228 valence electrons. The van der Waals surface area contributed by atoms with Crippen molar-refractivity contribution in [3.8, 4) is 44.5 Å². The van der Waals surface area contributed by atoms with Crippen LogP contribution in [0.3, 0.4) is 0 Å². The van der Waals surface area contributed by atoms with Gasteiger partial charge in [0.05, 0.1) is 0 Å². The van der Waals surface area contributed by atoms with Crippen LogP contribution in [0.1, 0.15) is 0 Å². The van der Waals surface area contributed by atoms with Crippen LogP contribution in [0, 0.1) is 0 Å². The van der Waals surface area contributed by atoms with Gasteiger partial charge in [0.2, 0.25) is 0 Å². The van der Waals surface area contributed by atoms with Crippen LogP contribution >= 0.6 is 0 Å². The highest BCUT2D eigenvalue weighted by molar-refractivity contribution is 6.24. The molecule has 10 rings (SSSR count). The van der Waals surface area contributed by atoms with E-state index in [1.165, 1.54) is 65.7 Å². The van der Waals surface area contributed by atoms with Crippen LogP contribution < -0.4 is 0 Å². The van der Waals surface area contributed by atoms with Crippen molar-refractivity contribution in [3.63, 3.8) is 0 Å². The Bertz CT molecular complexity index is 2820. The molecule has 1 heteroatoms. The summed E-state index contributed by atoms with van der Waals surface area (Å²) < 4.78 is 6.43. The van der Waals surface area contributed by atoms with E-state index in [2.05, 4.69) is 170 Å². The van der Waals surface area contributed by atoms with Crippen molar-refractivity contribution in [1.29, 1.82) is 0 Å². The number of fused-ring (bicyclic) bond motifs is 6. The number of hydrogen-bond acceptors (Lipinski definition) is 1. The molecule has 1 aromatic heterocycles. The third kappa shape index (κ3) is 4.33. The molecule has 0 bridgehead atoms. The number of rotatable bonds is 4. The van der Waals surface area contributed by atoms with E-state index in [0.29, 0.717) is 0 Å². The molecular weight excluding hydrogens is 593 g/mol. The monoisotopic (exact) mass is 622 g/mol. The fraction of sp³-hybridized carbons (Fsp3) is 0. The summed E-state index contributed by atoms with van der Waals surface area (Å²) in [4.78, 5) is 0. The molecule has 1 nitrogen and oxygen atoms in total. The maximum absolute atomic E-state index is 6.43. The highest BCUT2D eigenvalue weighted by atomic mass is 16.3. The van der Waals surface area contributed by atoms with Gasteiger partial charge >= 0.3 is 0 Å². The van der Waals surface area contributed by atoms with Crippen LogP contribution in [0.15, 0.2) is 186 Å². The van der Waals surface area contributed by atoms with E-state index in [-0.39, 0.29) is 0 Å². The van der Waals surface area contributed by atoms with Gasteiger partial charge in [-0.15, -0.1) is 0 Å². The first-order valence-corrected chi connectivity index (χ1v) is 16.9. The topological polar surface area (TPSA) is 13.1 Å². The van der Waals surface area contributed by atoms with Gasteiger partial charge in [-0.1, -0.05) is 170 Å². The van der Waals surface area contributed by atoms with E-state index >= 15 is 0 Å². The fourth-order valence-corrected chi connectivity index (χ4v) is 7.93. The van der Waals surface area contributed by atoms with E-state index in [4.69, 9.17) is 4.42 Å². The lowest BCUT2D eigenvalue weighted by Gasteiger charge is -2.19. The van der Waals surface area contributed by atoms with Gasteiger partial charge in [0.25, 0.3) is 0 Å². The average Bonchev–Trinajstić information content (AvgIpc) is 3.56. The first-order valence-electron chi connectivity index (χ1n) is 16.9. The number of benzene rings is 9. The molecule has 0 N–H and O–H groups in total. The Hall–Kier alpha value is -6.44. The minimum atomic E-state index is 0.916. The van der Waals surface area contributed by atoms with E-state index < -0.39 is 0 Å². The van der Waals surface area contributed by atoms with Crippen LogP contribution in [-0.4, -0.2) is 0 Å². The maximum Gasteiger partial charge on any atom is 0.143 e. The largest absolute Gasteiger partial charge is 0.455 e. The Labute approximate surface area is 284 Å². The molecule has 0 fully saturated rings. The summed E-state index contributed by atoms with van der Waals surface area (Å²) >= 11 is 0. The van der Waals surface area contributed by atoms with Gasteiger partial charge in [-0.2, -0.15) is 0 Å². The zero-order valence-corrected chi connectivity index (χ0v) is 26.7. The molecular formula is C48H30O. The molecule has 9 aromatic carbocycles. The maximum atomic E-state index is 6.43. The van der Waals surface area contributed by atoms with Gasteiger partial charge in [0.1, 0.15) is 11.2 Å².